The lowest BCUT2D eigenvalue weighted by atomic mass is 10.1. The van der Waals surface area contributed by atoms with Gasteiger partial charge in [-0.3, -0.25) is 0 Å². The molecular formula is C13H16Cl2N4OS. The zero-order chi connectivity index (χ0) is 15.4. The average molecular weight is 347 g/mol. The van der Waals surface area contributed by atoms with Crippen molar-refractivity contribution in [2.75, 3.05) is 11.9 Å². The van der Waals surface area contributed by atoms with Gasteiger partial charge in [-0.05, 0) is 30.5 Å². The van der Waals surface area contributed by atoms with Crippen LogP contribution in [0.5, 0.6) is 0 Å². The molecule has 0 saturated heterocycles. The second-order valence-corrected chi connectivity index (χ2v) is 6.61. The van der Waals surface area contributed by atoms with E-state index < -0.39 is 11.2 Å². The van der Waals surface area contributed by atoms with Gasteiger partial charge in [0.25, 0.3) is 11.2 Å². The molecule has 1 unspecified atom stereocenters. The van der Waals surface area contributed by atoms with Crippen molar-refractivity contribution in [1.29, 1.82) is 0 Å². The molecule has 0 spiro atoms. The molecule has 8 heteroatoms. The molecule has 0 fully saturated rings. The standard InChI is InChI=1S/C13H16Cl2N4OS/c1-8(2)5-6-16-12-13(19-21(20)18-12)17-9-3-4-10(14)11(15)7-9/h3-4,7-8H,5-6H2,1-2H3,(H,16,18)(H,17,19). The van der Waals surface area contributed by atoms with Crippen LogP contribution in [-0.2, 0) is 11.2 Å². The fraction of sp³-hybridized carbons (Fsp3) is 0.385. The van der Waals surface area contributed by atoms with Gasteiger partial charge in [0.2, 0.25) is 0 Å². The van der Waals surface area contributed by atoms with Crippen LogP contribution in [-0.4, -0.2) is 22.4 Å². The summed E-state index contributed by atoms with van der Waals surface area (Å²) in [5, 5.41) is 7.11. The van der Waals surface area contributed by atoms with Crippen molar-refractivity contribution >= 4 is 51.7 Å². The third kappa shape index (κ3) is 4.69. The van der Waals surface area contributed by atoms with Crippen molar-refractivity contribution in [3.05, 3.63) is 28.2 Å². The number of hydrogen-bond acceptors (Lipinski definition) is 3. The minimum Gasteiger partial charge on any atom is -0.366 e. The maximum atomic E-state index is 11.5. The Morgan fingerprint density at radius 1 is 1.19 bits per heavy atom. The van der Waals surface area contributed by atoms with Crippen molar-refractivity contribution in [2.24, 2.45) is 14.7 Å². The van der Waals surface area contributed by atoms with Gasteiger partial charge < -0.3 is 10.6 Å². The Balaban J connectivity index is 2.04. The van der Waals surface area contributed by atoms with Gasteiger partial charge in [-0.2, -0.15) is 0 Å². The number of hydrogen-bond donors (Lipinski definition) is 2. The molecule has 0 aliphatic carbocycles. The monoisotopic (exact) mass is 346 g/mol. The molecule has 1 aliphatic rings. The van der Waals surface area contributed by atoms with Gasteiger partial charge in [0.15, 0.2) is 11.7 Å². The summed E-state index contributed by atoms with van der Waals surface area (Å²) in [5.41, 5.74) is 0.709. The molecule has 5 nitrogen and oxygen atoms in total. The van der Waals surface area contributed by atoms with Gasteiger partial charge in [-0.15, -0.1) is 8.80 Å². The summed E-state index contributed by atoms with van der Waals surface area (Å²) < 4.78 is 19.4. The summed E-state index contributed by atoms with van der Waals surface area (Å²) in [6, 6.07) is 5.13. The van der Waals surface area contributed by atoms with Gasteiger partial charge in [-0.1, -0.05) is 37.0 Å². The number of nitrogens with one attached hydrogen (secondary N) is 2. The molecule has 1 atom stereocenters. The highest BCUT2D eigenvalue weighted by atomic mass is 35.5. The third-order valence-electron chi connectivity index (χ3n) is 2.76. The highest BCUT2D eigenvalue weighted by Crippen LogP contribution is 2.25. The summed E-state index contributed by atoms with van der Waals surface area (Å²) in [5.74, 6) is 1.52. The third-order valence-corrected chi connectivity index (χ3v) is 4.18. The minimum absolute atomic E-state index is 0.438. The number of anilines is 1. The van der Waals surface area contributed by atoms with Crippen LogP contribution in [0.25, 0.3) is 0 Å². The van der Waals surface area contributed by atoms with Crippen LogP contribution in [0.1, 0.15) is 20.3 Å². The molecule has 1 aliphatic heterocycles. The van der Waals surface area contributed by atoms with E-state index in [1.807, 2.05) is 0 Å². The highest BCUT2D eigenvalue weighted by Gasteiger charge is 2.19. The Hall–Kier alpha value is -1.11. The summed E-state index contributed by atoms with van der Waals surface area (Å²) in [7, 11) is 0. The number of halogens is 2. The molecule has 0 saturated carbocycles. The molecule has 1 aromatic rings. The van der Waals surface area contributed by atoms with Crippen molar-refractivity contribution in [2.45, 2.75) is 20.3 Å². The highest BCUT2D eigenvalue weighted by molar-refractivity contribution is 7.83. The van der Waals surface area contributed by atoms with Gasteiger partial charge >= 0.3 is 0 Å². The molecule has 0 bridgehead atoms. The molecule has 0 aromatic heterocycles. The van der Waals surface area contributed by atoms with Gasteiger partial charge in [0, 0.05) is 12.2 Å². The first-order valence-corrected chi connectivity index (χ1v) is 8.33. The van der Waals surface area contributed by atoms with Crippen LogP contribution < -0.4 is 10.6 Å². The normalized spacial score (nSPS) is 17.7. The lowest BCUT2D eigenvalue weighted by molar-refractivity contribution is 0.579. The van der Waals surface area contributed by atoms with Crippen molar-refractivity contribution in [3.63, 3.8) is 0 Å². The number of benzene rings is 1. The Morgan fingerprint density at radius 2 is 1.90 bits per heavy atom. The van der Waals surface area contributed by atoms with E-state index >= 15 is 0 Å². The predicted octanol–water partition coefficient (Wildman–Crippen LogP) is 3.43. The van der Waals surface area contributed by atoms with E-state index in [2.05, 4.69) is 33.3 Å². The maximum absolute atomic E-state index is 11.5. The Labute approximate surface area is 136 Å². The molecule has 1 aromatic carbocycles. The van der Waals surface area contributed by atoms with E-state index in [1.54, 1.807) is 18.2 Å². The molecule has 0 amide bonds. The van der Waals surface area contributed by atoms with Gasteiger partial charge in [0.05, 0.1) is 10.0 Å². The number of amidine groups is 2. The largest absolute Gasteiger partial charge is 0.366 e. The lowest BCUT2D eigenvalue weighted by Gasteiger charge is -2.11. The van der Waals surface area contributed by atoms with E-state index in [9.17, 15) is 4.21 Å². The fourth-order valence-corrected chi connectivity index (χ4v) is 2.59. The van der Waals surface area contributed by atoms with Gasteiger partial charge in [-0.25, -0.2) is 4.21 Å². The summed E-state index contributed by atoms with van der Waals surface area (Å²) in [4.78, 5) is 0. The van der Waals surface area contributed by atoms with E-state index in [4.69, 9.17) is 23.2 Å². The second-order valence-electron chi connectivity index (χ2n) is 4.97. The first-order valence-electron chi connectivity index (χ1n) is 6.51. The smallest absolute Gasteiger partial charge is 0.269 e. The zero-order valence-corrected chi connectivity index (χ0v) is 14.0. The van der Waals surface area contributed by atoms with E-state index in [0.717, 1.165) is 13.0 Å². The summed E-state index contributed by atoms with van der Waals surface area (Å²) >= 11 is 10.2. The molecular weight excluding hydrogens is 331 g/mol. The van der Waals surface area contributed by atoms with Crippen LogP contribution in [0, 0.1) is 5.92 Å². The molecule has 0 radical (unpaired) electrons. The quantitative estimate of drug-likeness (QED) is 0.877. The SMILES string of the molecule is CC(C)CCNC1=NS(=O)N=C1Nc1ccc(Cl)c(Cl)c1. The van der Waals surface area contributed by atoms with Crippen molar-refractivity contribution in [3.8, 4) is 0 Å². The minimum atomic E-state index is -1.59. The van der Waals surface area contributed by atoms with Crippen molar-refractivity contribution < 1.29 is 4.21 Å². The van der Waals surface area contributed by atoms with Crippen LogP contribution in [0.4, 0.5) is 5.69 Å². The second kappa shape index (κ2) is 7.24. The van der Waals surface area contributed by atoms with Crippen LogP contribution >= 0.6 is 23.2 Å². The fourth-order valence-electron chi connectivity index (χ4n) is 1.65. The van der Waals surface area contributed by atoms with E-state index in [1.165, 1.54) is 0 Å². The zero-order valence-electron chi connectivity index (χ0n) is 11.7. The average Bonchev–Trinajstić information content (AvgIpc) is 2.74. The molecule has 21 heavy (non-hydrogen) atoms. The molecule has 114 valence electrons. The topological polar surface area (TPSA) is 65.8 Å². The van der Waals surface area contributed by atoms with Crippen LogP contribution in [0.3, 0.4) is 0 Å². The summed E-state index contributed by atoms with van der Waals surface area (Å²) in [6.45, 7) is 5.02. The van der Waals surface area contributed by atoms with Crippen molar-refractivity contribution in [1.82, 2.24) is 5.32 Å². The number of rotatable bonds is 4. The molecule has 2 N–H and O–H groups in total. The van der Waals surface area contributed by atoms with E-state index in [0.29, 0.717) is 33.3 Å². The maximum Gasteiger partial charge on any atom is 0.269 e. The Bertz CT molecular complexity index is 616. The predicted molar refractivity (Wildman–Crippen MR) is 90.6 cm³/mol. The Morgan fingerprint density at radius 3 is 2.57 bits per heavy atom. The summed E-state index contributed by atoms with van der Waals surface area (Å²) in [6.07, 6.45) is 0.992. The molecule has 1 heterocycles. The Kier molecular flexibility index (Phi) is 5.61. The lowest BCUT2D eigenvalue weighted by Crippen LogP contribution is -2.34. The van der Waals surface area contributed by atoms with Gasteiger partial charge in [0.1, 0.15) is 0 Å². The molecule has 2 rings (SSSR count). The first kappa shape index (κ1) is 16.3. The number of nitrogens with zero attached hydrogens (tertiary/aromatic N) is 2. The van der Waals surface area contributed by atoms with Crippen LogP contribution in [0.2, 0.25) is 10.0 Å². The van der Waals surface area contributed by atoms with E-state index in [-0.39, 0.29) is 0 Å². The van der Waals surface area contributed by atoms with Crippen LogP contribution in [0.15, 0.2) is 27.0 Å². The first-order chi connectivity index (χ1) is 9.95.